The molecular formula is C13H16Cl2N2S. The molecule has 0 atom stereocenters. The van der Waals surface area contributed by atoms with Crippen molar-refractivity contribution in [1.82, 2.24) is 4.90 Å². The first-order valence-corrected chi connectivity index (χ1v) is 7.19. The second-order valence-electron chi connectivity index (χ2n) is 4.63. The number of nitrogens with zero attached hydrogens (tertiary/aromatic N) is 1. The number of halogens is 2. The van der Waals surface area contributed by atoms with E-state index in [0.29, 0.717) is 21.1 Å². The minimum Gasteiger partial charge on any atom is -0.393 e. The van der Waals surface area contributed by atoms with Crippen LogP contribution < -0.4 is 5.73 Å². The van der Waals surface area contributed by atoms with Crippen molar-refractivity contribution >= 4 is 40.4 Å². The fraction of sp³-hybridized carbons (Fsp3) is 0.462. The Bertz CT molecular complexity index is 447. The summed E-state index contributed by atoms with van der Waals surface area (Å²) in [6, 6.07) is 6.41. The number of nitrogens with two attached hydrogens (primary N) is 1. The standard InChI is InChI=1S/C13H16Cl2N2S/c14-11-3-1-2-9(13(11)15)8-17(10-4-5-10)7-6-12(16)18/h1-3,10H,4-8H2,(H2,16,18). The van der Waals surface area contributed by atoms with Gasteiger partial charge >= 0.3 is 0 Å². The van der Waals surface area contributed by atoms with Crippen LogP contribution in [0.5, 0.6) is 0 Å². The van der Waals surface area contributed by atoms with Gasteiger partial charge in [0, 0.05) is 25.6 Å². The Morgan fingerprint density at radius 3 is 2.72 bits per heavy atom. The van der Waals surface area contributed by atoms with Gasteiger partial charge in [0.1, 0.15) is 0 Å². The van der Waals surface area contributed by atoms with E-state index in [9.17, 15) is 0 Å². The second kappa shape index (κ2) is 6.20. The number of thiocarbonyl (C=S) groups is 1. The molecule has 2 nitrogen and oxygen atoms in total. The van der Waals surface area contributed by atoms with Crippen LogP contribution in [0.1, 0.15) is 24.8 Å². The Hall–Kier alpha value is -0.350. The molecule has 0 aliphatic heterocycles. The van der Waals surface area contributed by atoms with Gasteiger partial charge in [-0.05, 0) is 24.5 Å². The zero-order chi connectivity index (χ0) is 13.1. The van der Waals surface area contributed by atoms with E-state index in [0.717, 1.165) is 25.1 Å². The average molecular weight is 303 g/mol. The van der Waals surface area contributed by atoms with Crippen molar-refractivity contribution in [3.8, 4) is 0 Å². The molecule has 0 aromatic heterocycles. The Labute approximate surface area is 123 Å². The molecule has 0 saturated heterocycles. The molecule has 0 heterocycles. The van der Waals surface area contributed by atoms with E-state index in [1.54, 1.807) is 0 Å². The van der Waals surface area contributed by atoms with Crippen LogP contribution in [0.15, 0.2) is 18.2 Å². The topological polar surface area (TPSA) is 29.3 Å². The van der Waals surface area contributed by atoms with Crippen molar-refractivity contribution in [2.75, 3.05) is 6.54 Å². The van der Waals surface area contributed by atoms with Gasteiger partial charge in [0.2, 0.25) is 0 Å². The van der Waals surface area contributed by atoms with Crippen molar-refractivity contribution in [2.45, 2.75) is 31.8 Å². The maximum atomic E-state index is 6.22. The highest BCUT2D eigenvalue weighted by molar-refractivity contribution is 7.80. The van der Waals surface area contributed by atoms with E-state index in [1.165, 1.54) is 12.8 Å². The van der Waals surface area contributed by atoms with E-state index in [1.807, 2.05) is 18.2 Å². The lowest BCUT2D eigenvalue weighted by Crippen LogP contribution is -2.29. The normalized spacial score (nSPS) is 15.1. The Morgan fingerprint density at radius 1 is 1.39 bits per heavy atom. The van der Waals surface area contributed by atoms with Crippen molar-refractivity contribution in [1.29, 1.82) is 0 Å². The maximum Gasteiger partial charge on any atom is 0.0740 e. The van der Waals surface area contributed by atoms with Gasteiger partial charge in [-0.2, -0.15) is 0 Å². The Morgan fingerprint density at radius 2 is 2.11 bits per heavy atom. The summed E-state index contributed by atoms with van der Waals surface area (Å²) in [6.07, 6.45) is 3.25. The van der Waals surface area contributed by atoms with Crippen LogP contribution in [0.3, 0.4) is 0 Å². The molecule has 5 heteroatoms. The molecule has 1 fully saturated rings. The zero-order valence-electron chi connectivity index (χ0n) is 10.0. The van der Waals surface area contributed by atoms with Crippen LogP contribution in [0, 0.1) is 0 Å². The SMILES string of the molecule is NC(=S)CCN(Cc1cccc(Cl)c1Cl)C1CC1. The summed E-state index contributed by atoms with van der Waals surface area (Å²) in [6.45, 7) is 1.70. The van der Waals surface area contributed by atoms with E-state index >= 15 is 0 Å². The van der Waals surface area contributed by atoms with E-state index in [2.05, 4.69) is 4.90 Å². The number of benzene rings is 1. The summed E-state index contributed by atoms with van der Waals surface area (Å²) in [5, 5.41) is 1.26. The van der Waals surface area contributed by atoms with Crippen LogP contribution >= 0.6 is 35.4 Å². The third kappa shape index (κ3) is 3.82. The molecule has 0 unspecified atom stereocenters. The first-order valence-electron chi connectivity index (χ1n) is 6.03. The number of rotatable bonds is 6. The van der Waals surface area contributed by atoms with Gasteiger partial charge < -0.3 is 5.73 Å². The molecule has 1 aliphatic carbocycles. The third-order valence-corrected chi connectivity index (χ3v) is 4.18. The monoisotopic (exact) mass is 302 g/mol. The predicted octanol–water partition coefficient (Wildman–Crippen LogP) is 3.63. The lowest BCUT2D eigenvalue weighted by molar-refractivity contribution is 0.263. The van der Waals surface area contributed by atoms with Gasteiger partial charge in [0.25, 0.3) is 0 Å². The van der Waals surface area contributed by atoms with Gasteiger partial charge in [-0.1, -0.05) is 47.6 Å². The van der Waals surface area contributed by atoms with Gasteiger partial charge in [-0.15, -0.1) is 0 Å². The average Bonchev–Trinajstić information content (AvgIpc) is 3.13. The van der Waals surface area contributed by atoms with E-state index in [-0.39, 0.29) is 0 Å². The highest BCUT2D eigenvalue weighted by atomic mass is 35.5. The summed E-state index contributed by atoms with van der Waals surface area (Å²) in [4.78, 5) is 2.95. The van der Waals surface area contributed by atoms with Crippen molar-refractivity contribution in [2.24, 2.45) is 5.73 Å². The summed E-state index contributed by atoms with van der Waals surface area (Å²) in [7, 11) is 0. The van der Waals surface area contributed by atoms with Crippen molar-refractivity contribution < 1.29 is 0 Å². The molecular weight excluding hydrogens is 287 g/mol. The van der Waals surface area contributed by atoms with Gasteiger partial charge in [-0.3, -0.25) is 4.90 Å². The summed E-state index contributed by atoms with van der Waals surface area (Å²) in [5.41, 5.74) is 6.63. The molecule has 1 saturated carbocycles. The quantitative estimate of drug-likeness (QED) is 0.814. The molecule has 0 spiro atoms. The van der Waals surface area contributed by atoms with Crippen LogP contribution in [0.25, 0.3) is 0 Å². The minimum atomic E-state index is 0.567. The Balaban J connectivity index is 2.04. The number of hydrogen-bond acceptors (Lipinski definition) is 2. The molecule has 0 radical (unpaired) electrons. The molecule has 18 heavy (non-hydrogen) atoms. The summed E-state index contributed by atoms with van der Waals surface area (Å²) in [5.74, 6) is 0. The fourth-order valence-corrected chi connectivity index (χ4v) is 2.44. The second-order valence-corrected chi connectivity index (χ2v) is 5.94. The zero-order valence-corrected chi connectivity index (χ0v) is 12.4. The van der Waals surface area contributed by atoms with Crippen LogP contribution in [-0.2, 0) is 6.54 Å². The van der Waals surface area contributed by atoms with E-state index in [4.69, 9.17) is 41.2 Å². The van der Waals surface area contributed by atoms with Gasteiger partial charge in [0.05, 0.1) is 15.0 Å². The molecule has 1 aromatic rings. The lowest BCUT2D eigenvalue weighted by Gasteiger charge is -2.22. The molecule has 1 aromatic carbocycles. The molecule has 2 rings (SSSR count). The maximum absolute atomic E-state index is 6.22. The predicted molar refractivity (Wildman–Crippen MR) is 81.3 cm³/mol. The molecule has 98 valence electrons. The van der Waals surface area contributed by atoms with Crippen LogP contribution in [0.2, 0.25) is 10.0 Å². The first kappa shape index (κ1) is 14.1. The highest BCUT2D eigenvalue weighted by Crippen LogP contribution is 2.31. The Kier molecular flexibility index (Phi) is 4.84. The smallest absolute Gasteiger partial charge is 0.0740 e. The van der Waals surface area contributed by atoms with Crippen LogP contribution in [0.4, 0.5) is 0 Å². The largest absolute Gasteiger partial charge is 0.393 e. The van der Waals surface area contributed by atoms with Crippen molar-refractivity contribution in [3.05, 3.63) is 33.8 Å². The van der Waals surface area contributed by atoms with Crippen molar-refractivity contribution in [3.63, 3.8) is 0 Å². The highest BCUT2D eigenvalue weighted by Gasteiger charge is 2.29. The van der Waals surface area contributed by atoms with E-state index < -0.39 is 0 Å². The number of hydrogen-bond donors (Lipinski definition) is 1. The summed E-state index contributed by atoms with van der Waals surface area (Å²) < 4.78 is 0. The molecule has 0 bridgehead atoms. The molecule has 2 N–H and O–H groups in total. The van der Waals surface area contributed by atoms with Gasteiger partial charge in [0.15, 0.2) is 0 Å². The molecule has 1 aliphatic rings. The fourth-order valence-electron chi connectivity index (χ4n) is 1.97. The summed E-state index contributed by atoms with van der Waals surface area (Å²) >= 11 is 17.2. The first-order chi connectivity index (χ1) is 8.58. The van der Waals surface area contributed by atoms with Gasteiger partial charge in [-0.25, -0.2) is 0 Å². The lowest BCUT2D eigenvalue weighted by atomic mass is 10.2. The van der Waals surface area contributed by atoms with Crippen LogP contribution in [-0.4, -0.2) is 22.5 Å². The molecule has 0 amide bonds. The minimum absolute atomic E-state index is 0.567. The third-order valence-electron chi connectivity index (χ3n) is 3.11.